The first kappa shape index (κ1) is 19.8. The van der Waals surface area contributed by atoms with Gasteiger partial charge >= 0.3 is 0 Å². The number of nitrogens with zero attached hydrogens (tertiary/aromatic N) is 3. The van der Waals surface area contributed by atoms with E-state index in [1.165, 1.54) is 10.4 Å². The molecule has 3 aromatic rings. The number of amides is 1. The SMILES string of the molecule is Cc1ccc(-n2nc(CO)c(C(=O)N[C@@H](C)CCCc3ccccc3)n2)cc1. The highest BCUT2D eigenvalue weighted by molar-refractivity contribution is 5.93. The Morgan fingerprint density at radius 3 is 2.50 bits per heavy atom. The number of rotatable bonds is 8. The maximum atomic E-state index is 12.6. The average Bonchev–Trinajstić information content (AvgIpc) is 3.14. The van der Waals surface area contributed by atoms with Crippen LogP contribution in [-0.4, -0.2) is 32.0 Å². The highest BCUT2D eigenvalue weighted by Gasteiger charge is 2.20. The standard InChI is InChI=1S/C22H26N4O2/c1-16-11-13-19(14-12-16)26-24-20(15-27)21(25-26)22(28)23-17(2)7-6-10-18-8-4-3-5-9-18/h3-5,8-9,11-14,17,27H,6-7,10,15H2,1-2H3,(H,23,28)/t17-/m0/s1. The second-order valence-corrected chi connectivity index (χ2v) is 7.03. The van der Waals surface area contributed by atoms with E-state index in [9.17, 15) is 9.90 Å². The van der Waals surface area contributed by atoms with Gasteiger partial charge in [0.1, 0.15) is 5.69 Å². The molecule has 0 saturated heterocycles. The summed E-state index contributed by atoms with van der Waals surface area (Å²) in [5, 5.41) is 21.1. The predicted molar refractivity (Wildman–Crippen MR) is 108 cm³/mol. The number of aliphatic hydroxyl groups is 1. The van der Waals surface area contributed by atoms with Crippen molar-refractivity contribution in [2.24, 2.45) is 0 Å². The Labute approximate surface area is 165 Å². The number of carbonyl (C=O) groups excluding carboxylic acids is 1. The van der Waals surface area contributed by atoms with Crippen molar-refractivity contribution in [2.45, 2.75) is 45.8 Å². The highest BCUT2D eigenvalue weighted by atomic mass is 16.3. The molecule has 28 heavy (non-hydrogen) atoms. The van der Waals surface area contributed by atoms with E-state index in [4.69, 9.17) is 0 Å². The van der Waals surface area contributed by atoms with Crippen LogP contribution in [0.4, 0.5) is 0 Å². The summed E-state index contributed by atoms with van der Waals surface area (Å²) in [6.07, 6.45) is 2.82. The molecule has 1 amide bonds. The van der Waals surface area contributed by atoms with Gasteiger partial charge in [0.05, 0.1) is 12.3 Å². The summed E-state index contributed by atoms with van der Waals surface area (Å²) in [5.41, 5.74) is 3.60. The van der Waals surface area contributed by atoms with Gasteiger partial charge < -0.3 is 10.4 Å². The second-order valence-electron chi connectivity index (χ2n) is 7.03. The fourth-order valence-electron chi connectivity index (χ4n) is 3.03. The van der Waals surface area contributed by atoms with E-state index in [2.05, 4.69) is 27.6 Å². The van der Waals surface area contributed by atoms with Gasteiger partial charge in [0.25, 0.3) is 5.91 Å². The number of nitrogens with one attached hydrogen (secondary N) is 1. The van der Waals surface area contributed by atoms with E-state index < -0.39 is 0 Å². The molecule has 0 aliphatic heterocycles. The zero-order chi connectivity index (χ0) is 19.9. The molecule has 0 aliphatic carbocycles. The lowest BCUT2D eigenvalue weighted by Gasteiger charge is -2.13. The lowest BCUT2D eigenvalue weighted by Crippen LogP contribution is -2.33. The van der Waals surface area contributed by atoms with Crippen LogP contribution in [0.2, 0.25) is 0 Å². The molecular weight excluding hydrogens is 352 g/mol. The zero-order valence-corrected chi connectivity index (χ0v) is 16.3. The normalized spacial score (nSPS) is 12.0. The van der Waals surface area contributed by atoms with Crippen LogP contribution in [-0.2, 0) is 13.0 Å². The van der Waals surface area contributed by atoms with E-state index in [1.807, 2.05) is 56.3 Å². The summed E-state index contributed by atoms with van der Waals surface area (Å²) in [7, 11) is 0. The van der Waals surface area contributed by atoms with Gasteiger partial charge in [-0.05, 0) is 50.8 Å². The average molecular weight is 378 g/mol. The van der Waals surface area contributed by atoms with Gasteiger partial charge in [0, 0.05) is 6.04 Å². The summed E-state index contributed by atoms with van der Waals surface area (Å²) in [5.74, 6) is -0.311. The van der Waals surface area contributed by atoms with E-state index in [1.54, 1.807) is 0 Å². The summed E-state index contributed by atoms with van der Waals surface area (Å²) < 4.78 is 0. The van der Waals surface area contributed by atoms with Crippen molar-refractivity contribution in [3.63, 3.8) is 0 Å². The molecule has 3 rings (SSSR count). The van der Waals surface area contributed by atoms with Crippen LogP contribution >= 0.6 is 0 Å². The van der Waals surface area contributed by atoms with Crippen molar-refractivity contribution in [1.82, 2.24) is 20.3 Å². The Morgan fingerprint density at radius 2 is 1.82 bits per heavy atom. The van der Waals surface area contributed by atoms with E-state index in [0.717, 1.165) is 30.5 Å². The van der Waals surface area contributed by atoms with Crippen LogP contribution in [0.3, 0.4) is 0 Å². The quantitative estimate of drug-likeness (QED) is 0.631. The van der Waals surface area contributed by atoms with Crippen molar-refractivity contribution in [1.29, 1.82) is 0 Å². The molecule has 0 bridgehead atoms. The molecule has 1 heterocycles. The van der Waals surface area contributed by atoms with E-state index in [-0.39, 0.29) is 29.9 Å². The van der Waals surface area contributed by atoms with Crippen LogP contribution in [0, 0.1) is 6.92 Å². The molecule has 2 N–H and O–H groups in total. The number of benzene rings is 2. The Balaban J connectivity index is 1.60. The number of aromatic nitrogens is 3. The molecular formula is C22H26N4O2. The topological polar surface area (TPSA) is 80.0 Å². The van der Waals surface area contributed by atoms with Gasteiger partial charge in [0.15, 0.2) is 5.69 Å². The van der Waals surface area contributed by atoms with Crippen molar-refractivity contribution in [3.8, 4) is 5.69 Å². The minimum atomic E-state index is -0.336. The molecule has 2 aromatic carbocycles. The Hall–Kier alpha value is -2.99. The summed E-state index contributed by atoms with van der Waals surface area (Å²) in [6, 6.07) is 18.0. The number of carbonyl (C=O) groups is 1. The van der Waals surface area contributed by atoms with Crippen LogP contribution in [0.5, 0.6) is 0 Å². The van der Waals surface area contributed by atoms with Crippen molar-refractivity contribution in [2.75, 3.05) is 0 Å². The maximum absolute atomic E-state index is 12.6. The minimum absolute atomic E-state index is 0.00674. The number of hydrogen-bond acceptors (Lipinski definition) is 4. The maximum Gasteiger partial charge on any atom is 0.274 e. The van der Waals surface area contributed by atoms with Gasteiger partial charge in [-0.15, -0.1) is 10.2 Å². The van der Waals surface area contributed by atoms with Crippen LogP contribution in [0.15, 0.2) is 54.6 Å². The third kappa shape index (κ3) is 5.04. The van der Waals surface area contributed by atoms with Gasteiger partial charge in [-0.3, -0.25) is 4.79 Å². The predicted octanol–water partition coefficient (Wildman–Crippen LogP) is 3.21. The summed E-state index contributed by atoms with van der Waals surface area (Å²) in [4.78, 5) is 14.0. The molecule has 0 saturated carbocycles. The summed E-state index contributed by atoms with van der Waals surface area (Å²) in [6.45, 7) is 3.64. The molecule has 6 nitrogen and oxygen atoms in total. The minimum Gasteiger partial charge on any atom is -0.390 e. The van der Waals surface area contributed by atoms with Crippen LogP contribution in [0.1, 0.15) is 47.1 Å². The van der Waals surface area contributed by atoms with Crippen molar-refractivity contribution < 1.29 is 9.90 Å². The Morgan fingerprint density at radius 1 is 1.11 bits per heavy atom. The number of hydrogen-bond donors (Lipinski definition) is 2. The third-order valence-corrected chi connectivity index (χ3v) is 4.64. The first-order chi connectivity index (χ1) is 13.6. The molecule has 0 fully saturated rings. The largest absolute Gasteiger partial charge is 0.390 e. The molecule has 1 aromatic heterocycles. The fraction of sp³-hybridized carbons (Fsp3) is 0.318. The molecule has 0 unspecified atom stereocenters. The van der Waals surface area contributed by atoms with Crippen molar-refractivity contribution >= 4 is 5.91 Å². The smallest absolute Gasteiger partial charge is 0.274 e. The molecule has 0 radical (unpaired) electrons. The summed E-state index contributed by atoms with van der Waals surface area (Å²) >= 11 is 0. The van der Waals surface area contributed by atoms with Gasteiger partial charge in [-0.2, -0.15) is 4.80 Å². The fourth-order valence-corrected chi connectivity index (χ4v) is 3.03. The zero-order valence-electron chi connectivity index (χ0n) is 16.3. The molecule has 0 aliphatic rings. The highest BCUT2D eigenvalue weighted by Crippen LogP contribution is 2.12. The van der Waals surface area contributed by atoms with Gasteiger partial charge in [-0.1, -0.05) is 48.0 Å². The number of aliphatic hydroxyl groups excluding tert-OH is 1. The molecule has 146 valence electrons. The van der Waals surface area contributed by atoms with Crippen LogP contribution in [0.25, 0.3) is 5.69 Å². The Kier molecular flexibility index (Phi) is 6.55. The number of aryl methyl sites for hydroxylation is 2. The van der Waals surface area contributed by atoms with Crippen LogP contribution < -0.4 is 5.32 Å². The second kappa shape index (κ2) is 9.28. The lowest BCUT2D eigenvalue weighted by atomic mass is 10.1. The Bertz CT molecular complexity index is 904. The van der Waals surface area contributed by atoms with E-state index >= 15 is 0 Å². The molecule has 1 atom stereocenters. The van der Waals surface area contributed by atoms with Gasteiger partial charge in [0.2, 0.25) is 0 Å². The monoisotopic (exact) mass is 378 g/mol. The van der Waals surface area contributed by atoms with E-state index in [0.29, 0.717) is 0 Å². The third-order valence-electron chi connectivity index (χ3n) is 4.64. The molecule has 6 heteroatoms. The first-order valence-electron chi connectivity index (χ1n) is 9.55. The molecule has 0 spiro atoms. The van der Waals surface area contributed by atoms with Gasteiger partial charge in [-0.25, -0.2) is 0 Å². The lowest BCUT2D eigenvalue weighted by molar-refractivity contribution is 0.0929. The van der Waals surface area contributed by atoms with Crippen molar-refractivity contribution in [3.05, 3.63) is 77.1 Å². The first-order valence-corrected chi connectivity index (χ1v) is 9.55.